The van der Waals surface area contributed by atoms with Crippen molar-refractivity contribution in [1.82, 2.24) is 9.97 Å². The van der Waals surface area contributed by atoms with E-state index in [0.29, 0.717) is 12.4 Å². The minimum absolute atomic E-state index is 0.208. The highest BCUT2D eigenvalue weighted by molar-refractivity contribution is 7.15. The smallest absolute Gasteiger partial charge is 0.310 e. The lowest BCUT2D eigenvalue weighted by Gasteiger charge is -2.14. The molecule has 1 amide bonds. The highest BCUT2D eigenvalue weighted by Crippen LogP contribution is 2.30. The lowest BCUT2D eigenvalue weighted by molar-refractivity contribution is -0.142. The van der Waals surface area contributed by atoms with Crippen LogP contribution in [0.25, 0.3) is 10.7 Å². The largest absolute Gasteiger partial charge is 0.466 e. The molecule has 31 heavy (non-hydrogen) atoms. The van der Waals surface area contributed by atoms with Gasteiger partial charge in [-0.15, -0.1) is 11.3 Å². The average Bonchev–Trinajstić information content (AvgIpc) is 3.17. The lowest BCUT2D eigenvalue weighted by Crippen LogP contribution is -2.12. The first-order valence-electron chi connectivity index (χ1n) is 10.2. The number of nitrogens with two attached hydrogens (primary N) is 1. The van der Waals surface area contributed by atoms with Crippen molar-refractivity contribution in [3.05, 3.63) is 58.1 Å². The van der Waals surface area contributed by atoms with E-state index in [4.69, 9.17) is 15.5 Å². The molecule has 7 nitrogen and oxygen atoms in total. The van der Waals surface area contributed by atoms with Crippen molar-refractivity contribution in [2.24, 2.45) is 5.73 Å². The van der Waals surface area contributed by atoms with E-state index >= 15 is 0 Å². The molecule has 3 rings (SSSR count). The molecule has 0 spiro atoms. The van der Waals surface area contributed by atoms with Crippen LogP contribution in [0.2, 0.25) is 0 Å². The van der Waals surface area contributed by atoms with Crippen LogP contribution in [-0.4, -0.2) is 28.5 Å². The highest BCUT2D eigenvalue weighted by Gasteiger charge is 2.14. The maximum atomic E-state index is 11.7. The van der Waals surface area contributed by atoms with Gasteiger partial charge in [-0.25, -0.2) is 9.97 Å². The summed E-state index contributed by atoms with van der Waals surface area (Å²) < 4.78 is 5.00. The number of aromatic nitrogens is 2. The molecule has 0 bridgehead atoms. The van der Waals surface area contributed by atoms with E-state index in [2.05, 4.69) is 17.2 Å². The number of hydrogen-bond acceptors (Lipinski definition) is 7. The SMILES string of the molecule is CCOC(=O)Cc1ccc(Nc2nc(-c3ccc(CC(N)=O)s3)nc(C)c2CC)cc1. The Morgan fingerprint density at radius 2 is 1.81 bits per heavy atom. The van der Waals surface area contributed by atoms with Crippen LogP contribution in [0.4, 0.5) is 11.5 Å². The molecule has 2 aromatic heterocycles. The van der Waals surface area contributed by atoms with Gasteiger partial charge in [-0.1, -0.05) is 19.1 Å². The van der Waals surface area contributed by atoms with Crippen molar-refractivity contribution in [3.63, 3.8) is 0 Å². The van der Waals surface area contributed by atoms with Crippen molar-refractivity contribution < 1.29 is 14.3 Å². The number of nitrogens with one attached hydrogen (secondary N) is 1. The van der Waals surface area contributed by atoms with Crippen LogP contribution in [0.5, 0.6) is 0 Å². The van der Waals surface area contributed by atoms with Gasteiger partial charge in [0.2, 0.25) is 5.91 Å². The molecule has 162 valence electrons. The third-order valence-electron chi connectivity index (χ3n) is 4.67. The van der Waals surface area contributed by atoms with Crippen LogP contribution in [0, 0.1) is 6.92 Å². The Bertz CT molecular complexity index is 1080. The standard InChI is InChI=1S/C23H26N4O3S/c1-4-18-14(3)25-23(19-11-10-17(31-19)13-20(24)28)27-22(18)26-16-8-6-15(7-9-16)12-21(29)30-5-2/h6-11H,4-5,12-13H2,1-3H3,(H2,24,28)(H,25,26,27). The quantitative estimate of drug-likeness (QED) is 0.490. The van der Waals surface area contributed by atoms with Gasteiger partial charge in [0.1, 0.15) is 5.82 Å². The van der Waals surface area contributed by atoms with Crippen molar-refractivity contribution in [2.75, 3.05) is 11.9 Å². The molecule has 3 N–H and O–H groups in total. The monoisotopic (exact) mass is 438 g/mol. The molecule has 0 saturated heterocycles. The molecule has 0 aliphatic carbocycles. The van der Waals surface area contributed by atoms with Crippen LogP contribution < -0.4 is 11.1 Å². The van der Waals surface area contributed by atoms with E-state index in [1.165, 1.54) is 11.3 Å². The minimum Gasteiger partial charge on any atom is -0.466 e. The molecule has 0 aliphatic heterocycles. The van der Waals surface area contributed by atoms with Gasteiger partial charge in [-0.05, 0) is 50.1 Å². The van der Waals surface area contributed by atoms with E-state index in [9.17, 15) is 9.59 Å². The third-order valence-corrected chi connectivity index (χ3v) is 5.75. The number of carbonyl (C=O) groups excluding carboxylic acids is 2. The molecule has 3 aromatic rings. The summed E-state index contributed by atoms with van der Waals surface area (Å²) in [6.07, 6.45) is 1.24. The summed E-state index contributed by atoms with van der Waals surface area (Å²) in [4.78, 5) is 34.0. The Hall–Kier alpha value is -3.26. The van der Waals surface area contributed by atoms with Gasteiger partial charge in [0.25, 0.3) is 0 Å². The molecule has 0 radical (unpaired) electrons. The molecule has 2 heterocycles. The molecule has 0 aliphatic rings. The molecular weight excluding hydrogens is 412 g/mol. The van der Waals surface area contributed by atoms with Gasteiger partial charge in [-0.2, -0.15) is 0 Å². The summed E-state index contributed by atoms with van der Waals surface area (Å²) in [5.41, 5.74) is 8.99. The number of esters is 1. The number of hydrogen-bond donors (Lipinski definition) is 2. The van der Waals surface area contributed by atoms with Crippen molar-refractivity contribution in [1.29, 1.82) is 0 Å². The number of anilines is 2. The Morgan fingerprint density at radius 3 is 2.45 bits per heavy atom. The van der Waals surface area contributed by atoms with Crippen molar-refractivity contribution >= 4 is 34.7 Å². The van der Waals surface area contributed by atoms with Crippen molar-refractivity contribution in [2.45, 2.75) is 40.0 Å². The molecule has 0 unspecified atom stereocenters. The normalized spacial score (nSPS) is 10.7. The van der Waals surface area contributed by atoms with Gasteiger partial charge in [0, 0.05) is 21.8 Å². The van der Waals surface area contributed by atoms with E-state index in [-0.39, 0.29) is 24.7 Å². The van der Waals surface area contributed by atoms with Gasteiger partial charge in [-0.3, -0.25) is 9.59 Å². The molecule has 0 saturated carbocycles. The fourth-order valence-corrected chi connectivity index (χ4v) is 4.17. The lowest BCUT2D eigenvalue weighted by atomic mass is 10.1. The molecule has 1 aromatic carbocycles. The number of amides is 1. The third kappa shape index (κ3) is 5.88. The number of ether oxygens (including phenoxy) is 1. The summed E-state index contributed by atoms with van der Waals surface area (Å²) in [7, 11) is 0. The molecule has 0 fully saturated rings. The number of rotatable bonds is 9. The fourth-order valence-electron chi connectivity index (χ4n) is 3.22. The van der Waals surface area contributed by atoms with E-state index in [0.717, 1.165) is 44.5 Å². The van der Waals surface area contributed by atoms with Gasteiger partial charge < -0.3 is 15.8 Å². The van der Waals surface area contributed by atoms with Crippen LogP contribution >= 0.6 is 11.3 Å². The highest BCUT2D eigenvalue weighted by atomic mass is 32.1. The molecule has 8 heteroatoms. The summed E-state index contributed by atoms with van der Waals surface area (Å²) >= 11 is 1.47. The number of benzene rings is 1. The van der Waals surface area contributed by atoms with Crippen LogP contribution in [-0.2, 0) is 33.6 Å². The van der Waals surface area contributed by atoms with Crippen LogP contribution in [0.15, 0.2) is 36.4 Å². The zero-order valence-corrected chi connectivity index (χ0v) is 18.7. The molecular formula is C23H26N4O3S. The first-order chi connectivity index (χ1) is 14.9. The number of thiophene rings is 1. The van der Waals surface area contributed by atoms with E-state index in [1.807, 2.05) is 43.3 Å². The van der Waals surface area contributed by atoms with Crippen LogP contribution in [0.1, 0.15) is 35.5 Å². The van der Waals surface area contributed by atoms with E-state index in [1.54, 1.807) is 6.92 Å². The zero-order chi connectivity index (χ0) is 22.4. The van der Waals surface area contributed by atoms with Gasteiger partial charge in [0.05, 0.1) is 24.3 Å². The van der Waals surface area contributed by atoms with Gasteiger partial charge in [0.15, 0.2) is 5.82 Å². The zero-order valence-electron chi connectivity index (χ0n) is 17.9. The predicted molar refractivity (Wildman–Crippen MR) is 122 cm³/mol. The number of carbonyl (C=O) groups is 2. The Labute approximate surface area is 185 Å². The Balaban J connectivity index is 1.84. The number of nitrogens with zero attached hydrogens (tertiary/aromatic N) is 2. The summed E-state index contributed by atoms with van der Waals surface area (Å²) in [5.74, 6) is 0.754. The summed E-state index contributed by atoms with van der Waals surface area (Å²) in [6.45, 7) is 6.20. The fraction of sp³-hybridized carbons (Fsp3) is 0.304. The Morgan fingerprint density at radius 1 is 1.06 bits per heavy atom. The maximum absolute atomic E-state index is 11.7. The van der Waals surface area contributed by atoms with Crippen LogP contribution in [0.3, 0.4) is 0 Å². The maximum Gasteiger partial charge on any atom is 0.310 e. The molecule has 0 atom stereocenters. The Kier molecular flexibility index (Phi) is 7.36. The van der Waals surface area contributed by atoms with Gasteiger partial charge >= 0.3 is 5.97 Å². The minimum atomic E-state index is -0.361. The number of aryl methyl sites for hydroxylation is 1. The first-order valence-corrected chi connectivity index (χ1v) is 11.0. The average molecular weight is 439 g/mol. The topological polar surface area (TPSA) is 107 Å². The predicted octanol–water partition coefficient (Wildman–Crippen LogP) is 3.95. The summed E-state index contributed by atoms with van der Waals surface area (Å²) in [6, 6.07) is 11.4. The second-order valence-corrected chi connectivity index (χ2v) is 8.19. The second kappa shape index (κ2) is 10.2. The summed E-state index contributed by atoms with van der Waals surface area (Å²) in [5, 5.41) is 3.38. The second-order valence-electron chi connectivity index (χ2n) is 7.03. The van der Waals surface area contributed by atoms with E-state index < -0.39 is 0 Å². The first kappa shape index (κ1) is 22.4. The number of primary amides is 1. The van der Waals surface area contributed by atoms with Crippen molar-refractivity contribution in [3.8, 4) is 10.7 Å².